The van der Waals surface area contributed by atoms with E-state index in [9.17, 15) is 31.7 Å². The zero-order valence-corrected chi connectivity index (χ0v) is 10.5. The Hall–Kier alpha value is -1.72. The molecule has 1 unspecified atom stereocenters. The highest BCUT2D eigenvalue weighted by Gasteiger charge is 2.38. The number of aliphatic hydroxyl groups excluding tert-OH is 1. The average molecular weight is 314 g/mol. The minimum absolute atomic E-state index is 0.524. The van der Waals surface area contributed by atoms with Gasteiger partial charge >= 0.3 is 6.18 Å². The van der Waals surface area contributed by atoms with Gasteiger partial charge in [-0.2, -0.15) is 13.2 Å². The second-order valence-corrected chi connectivity index (χ2v) is 5.43. The molecule has 0 aliphatic carbocycles. The van der Waals surface area contributed by atoms with Crippen LogP contribution in [0.4, 0.5) is 18.9 Å². The maximum absolute atomic E-state index is 12.0. The van der Waals surface area contributed by atoms with Gasteiger partial charge in [0.25, 0.3) is 5.69 Å². The standard InChI is InChI=1S/C9H9F3N2O5S/c10-9(11,12)8(15)5-13-20(18,19)7-3-1-2-6(4-7)14(16)17/h1-4,8,13,15H,5H2. The number of rotatable bonds is 5. The second kappa shape index (κ2) is 5.73. The minimum Gasteiger partial charge on any atom is -0.382 e. The summed E-state index contributed by atoms with van der Waals surface area (Å²) in [5.74, 6) is 0. The lowest BCUT2D eigenvalue weighted by Crippen LogP contribution is -2.40. The number of halogens is 3. The van der Waals surface area contributed by atoms with Gasteiger partial charge in [0.2, 0.25) is 10.0 Å². The Morgan fingerprint density at radius 3 is 2.50 bits per heavy atom. The Labute approximate surface area is 111 Å². The molecule has 0 aliphatic heterocycles. The summed E-state index contributed by atoms with van der Waals surface area (Å²) in [4.78, 5) is 9.07. The van der Waals surface area contributed by atoms with Crippen LogP contribution in [0.25, 0.3) is 0 Å². The molecule has 0 amide bonds. The number of hydrogen-bond donors (Lipinski definition) is 2. The monoisotopic (exact) mass is 314 g/mol. The van der Waals surface area contributed by atoms with Crippen LogP contribution in [0.1, 0.15) is 0 Å². The Bertz CT molecular complexity index is 602. The van der Waals surface area contributed by atoms with Gasteiger partial charge in [0.1, 0.15) is 0 Å². The van der Waals surface area contributed by atoms with E-state index in [2.05, 4.69) is 0 Å². The first-order chi connectivity index (χ1) is 9.04. The van der Waals surface area contributed by atoms with Crippen molar-refractivity contribution >= 4 is 15.7 Å². The fourth-order valence-corrected chi connectivity index (χ4v) is 2.23. The van der Waals surface area contributed by atoms with Crippen LogP contribution in [-0.2, 0) is 10.0 Å². The summed E-state index contributed by atoms with van der Waals surface area (Å²) < 4.78 is 60.8. The maximum atomic E-state index is 12.0. The molecule has 0 spiro atoms. The van der Waals surface area contributed by atoms with Crippen molar-refractivity contribution in [3.63, 3.8) is 0 Å². The van der Waals surface area contributed by atoms with Gasteiger partial charge in [-0.1, -0.05) is 6.07 Å². The van der Waals surface area contributed by atoms with Crippen LogP contribution in [0.3, 0.4) is 0 Å². The van der Waals surface area contributed by atoms with Gasteiger partial charge < -0.3 is 5.11 Å². The molecule has 20 heavy (non-hydrogen) atoms. The van der Waals surface area contributed by atoms with E-state index in [1.54, 1.807) is 0 Å². The first-order valence-corrected chi connectivity index (χ1v) is 6.51. The molecule has 0 heterocycles. The van der Waals surface area contributed by atoms with Gasteiger partial charge in [0.05, 0.1) is 9.82 Å². The topological polar surface area (TPSA) is 110 Å². The smallest absolute Gasteiger partial charge is 0.382 e. The number of nitro groups is 1. The molecule has 1 aromatic carbocycles. The van der Waals surface area contributed by atoms with Gasteiger partial charge in [0.15, 0.2) is 6.10 Å². The number of nitrogens with zero attached hydrogens (tertiary/aromatic N) is 1. The fraction of sp³-hybridized carbons (Fsp3) is 0.333. The molecule has 0 fully saturated rings. The average Bonchev–Trinajstić information content (AvgIpc) is 2.35. The zero-order chi connectivity index (χ0) is 15.6. The Morgan fingerprint density at radius 1 is 1.40 bits per heavy atom. The van der Waals surface area contributed by atoms with Gasteiger partial charge in [-0.15, -0.1) is 0 Å². The van der Waals surface area contributed by atoms with Crippen LogP contribution < -0.4 is 4.72 Å². The second-order valence-electron chi connectivity index (χ2n) is 3.66. The third kappa shape index (κ3) is 4.15. The number of nitrogens with one attached hydrogen (secondary N) is 1. The zero-order valence-electron chi connectivity index (χ0n) is 9.66. The summed E-state index contributed by atoms with van der Waals surface area (Å²) in [7, 11) is -4.39. The van der Waals surface area contributed by atoms with Crippen molar-refractivity contribution < 1.29 is 31.6 Å². The van der Waals surface area contributed by atoms with Crippen LogP contribution in [0.2, 0.25) is 0 Å². The molecule has 1 rings (SSSR count). The van der Waals surface area contributed by atoms with E-state index >= 15 is 0 Å². The lowest BCUT2D eigenvalue weighted by Gasteiger charge is -2.15. The summed E-state index contributed by atoms with van der Waals surface area (Å²) >= 11 is 0. The highest BCUT2D eigenvalue weighted by atomic mass is 32.2. The van der Waals surface area contributed by atoms with E-state index in [0.717, 1.165) is 18.2 Å². The summed E-state index contributed by atoms with van der Waals surface area (Å²) in [6, 6.07) is 3.79. The highest BCUT2D eigenvalue weighted by molar-refractivity contribution is 7.89. The van der Waals surface area contributed by atoms with Crippen LogP contribution in [0.15, 0.2) is 29.2 Å². The largest absolute Gasteiger partial charge is 0.415 e. The third-order valence-corrected chi connectivity index (χ3v) is 3.60. The predicted molar refractivity (Wildman–Crippen MR) is 60.3 cm³/mol. The van der Waals surface area contributed by atoms with E-state index in [0.29, 0.717) is 6.07 Å². The van der Waals surface area contributed by atoms with Crippen LogP contribution in [0, 0.1) is 10.1 Å². The van der Waals surface area contributed by atoms with E-state index < -0.39 is 44.4 Å². The molecular formula is C9H9F3N2O5S. The lowest BCUT2D eigenvalue weighted by atomic mass is 10.3. The number of aliphatic hydroxyl groups is 1. The summed E-state index contributed by atoms with van der Waals surface area (Å²) in [6.45, 7) is -1.28. The fourth-order valence-electron chi connectivity index (χ4n) is 1.15. The Balaban J connectivity index is 2.90. The molecule has 7 nitrogen and oxygen atoms in total. The van der Waals surface area contributed by atoms with Gasteiger partial charge in [-0.05, 0) is 6.07 Å². The SMILES string of the molecule is O=[N+]([O-])c1cccc(S(=O)(=O)NCC(O)C(F)(F)F)c1. The number of alkyl halides is 3. The van der Waals surface area contributed by atoms with Gasteiger partial charge in [-0.3, -0.25) is 10.1 Å². The number of non-ortho nitro benzene ring substituents is 1. The van der Waals surface area contributed by atoms with Crippen molar-refractivity contribution in [3.8, 4) is 0 Å². The molecule has 0 bridgehead atoms. The van der Waals surface area contributed by atoms with Gasteiger partial charge in [-0.25, -0.2) is 13.1 Å². The minimum atomic E-state index is -4.97. The van der Waals surface area contributed by atoms with Crippen molar-refractivity contribution in [1.82, 2.24) is 4.72 Å². The maximum Gasteiger partial charge on any atom is 0.415 e. The highest BCUT2D eigenvalue weighted by Crippen LogP contribution is 2.21. The molecule has 2 N–H and O–H groups in total. The molecule has 0 saturated carbocycles. The van der Waals surface area contributed by atoms with E-state index in [1.807, 2.05) is 0 Å². The Kier molecular flexibility index (Phi) is 4.68. The molecule has 0 aliphatic rings. The van der Waals surface area contributed by atoms with Crippen LogP contribution in [0.5, 0.6) is 0 Å². The summed E-state index contributed by atoms with van der Waals surface area (Å²) in [5.41, 5.74) is -0.524. The summed E-state index contributed by atoms with van der Waals surface area (Å²) in [5, 5.41) is 19.2. The number of sulfonamides is 1. The molecule has 0 saturated heterocycles. The third-order valence-electron chi connectivity index (χ3n) is 2.18. The number of benzene rings is 1. The Morgan fingerprint density at radius 2 is 2.00 bits per heavy atom. The van der Waals surface area contributed by atoms with E-state index in [4.69, 9.17) is 5.11 Å². The van der Waals surface area contributed by atoms with E-state index in [-0.39, 0.29) is 0 Å². The number of hydrogen-bond acceptors (Lipinski definition) is 5. The number of nitro benzene ring substituents is 1. The molecule has 1 atom stereocenters. The summed E-state index contributed by atoms with van der Waals surface area (Å²) in [6.07, 6.45) is -7.83. The van der Waals surface area contributed by atoms with Crippen LogP contribution >= 0.6 is 0 Å². The van der Waals surface area contributed by atoms with Crippen molar-refractivity contribution in [3.05, 3.63) is 34.4 Å². The van der Waals surface area contributed by atoms with E-state index in [1.165, 1.54) is 4.72 Å². The molecule has 112 valence electrons. The molecule has 0 aromatic heterocycles. The van der Waals surface area contributed by atoms with Crippen LogP contribution in [-0.4, -0.2) is 37.3 Å². The quantitative estimate of drug-likeness (QED) is 0.617. The van der Waals surface area contributed by atoms with Crippen molar-refractivity contribution in [2.75, 3.05) is 6.54 Å². The first-order valence-electron chi connectivity index (χ1n) is 5.03. The van der Waals surface area contributed by atoms with Crippen molar-refractivity contribution in [2.24, 2.45) is 0 Å². The normalized spacial score (nSPS) is 14.0. The van der Waals surface area contributed by atoms with Crippen molar-refractivity contribution in [2.45, 2.75) is 17.2 Å². The molecule has 0 radical (unpaired) electrons. The molecule has 11 heteroatoms. The van der Waals surface area contributed by atoms with Crippen molar-refractivity contribution in [1.29, 1.82) is 0 Å². The predicted octanol–water partition coefficient (Wildman–Crippen LogP) is 0.796. The van der Waals surface area contributed by atoms with Gasteiger partial charge in [0, 0.05) is 18.7 Å². The molecular weight excluding hydrogens is 305 g/mol. The first kappa shape index (κ1) is 16.3. The molecule has 1 aromatic rings. The lowest BCUT2D eigenvalue weighted by molar-refractivity contribution is -0.385.